The van der Waals surface area contributed by atoms with Crippen LogP contribution >= 0.6 is 0 Å². The molecule has 1 amide bonds. The quantitative estimate of drug-likeness (QED) is 0.753. The second-order valence-electron chi connectivity index (χ2n) is 5.60. The number of rotatable bonds is 7. The number of anilines is 2. The molecule has 0 aliphatic heterocycles. The number of pyridine rings is 1. The van der Waals surface area contributed by atoms with Gasteiger partial charge in [0.05, 0.1) is 17.9 Å². The first-order valence-corrected chi connectivity index (χ1v) is 8.35. The Morgan fingerprint density at radius 3 is 2.68 bits per heavy atom. The van der Waals surface area contributed by atoms with Gasteiger partial charge in [-0.3, -0.25) is 9.78 Å². The number of benzene rings is 1. The molecule has 0 radical (unpaired) electrons. The summed E-state index contributed by atoms with van der Waals surface area (Å²) in [7, 11) is 0. The molecule has 0 aliphatic rings. The molecule has 0 bridgehead atoms. The van der Waals surface area contributed by atoms with Crippen molar-refractivity contribution in [2.45, 2.75) is 33.2 Å². The first-order chi connectivity index (χ1) is 12.0. The molecule has 1 unspecified atom stereocenters. The van der Waals surface area contributed by atoms with Crippen molar-refractivity contribution >= 4 is 23.3 Å². The third-order valence-corrected chi connectivity index (χ3v) is 3.68. The third-order valence-electron chi connectivity index (χ3n) is 3.68. The van der Waals surface area contributed by atoms with Crippen LogP contribution in [-0.4, -0.2) is 29.5 Å². The van der Waals surface area contributed by atoms with E-state index in [-0.39, 0.29) is 11.9 Å². The molecule has 2 N–H and O–H groups in total. The van der Waals surface area contributed by atoms with Crippen LogP contribution in [0.5, 0.6) is 0 Å². The molecular formula is C19H23N3O3. The second-order valence-corrected chi connectivity index (χ2v) is 5.60. The fourth-order valence-corrected chi connectivity index (χ4v) is 2.17. The predicted molar refractivity (Wildman–Crippen MR) is 97.1 cm³/mol. The summed E-state index contributed by atoms with van der Waals surface area (Å²) in [5, 5.41) is 6.03. The molecule has 2 aromatic rings. The monoisotopic (exact) mass is 341 g/mol. The lowest BCUT2D eigenvalue weighted by Gasteiger charge is -2.13. The number of esters is 1. The van der Waals surface area contributed by atoms with E-state index in [4.69, 9.17) is 4.74 Å². The van der Waals surface area contributed by atoms with E-state index in [0.717, 1.165) is 6.42 Å². The number of carbonyl (C=O) groups is 2. The van der Waals surface area contributed by atoms with E-state index in [1.165, 1.54) is 0 Å². The van der Waals surface area contributed by atoms with Crippen molar-refractivity contribution in [3.63, 3.8) is 0 Å². The number of hydrogen-bond acceptors (Lipinski definition) is 5. The highest BCUT2D eigenvalue weighted by Gasteiger charge is 2.14. The van der Waals surface area contributed by atoms with Crippen LogP contribution in [0.25, 0.3) is 0 Å². The van der Waals surface area contributed by atoms with E-state index in [1.807, 2.05) is 19.9 Å². The normalized spacial score (nSPS) is 11.5. The van der Waals surface area contributed by atoms with Crippen LogP contribution < -0.4 is 10.6 Å². The third kappa shape index (κ3) is 5.04. The summed E-state index contributed by atoms with van der Waals surface area (Å²) in [5.41, 5.74) is 2.03. The SMILES string of the molecule is CCOC(=O)c1ccccc1Nc1ccnc(C(=O)NC(C)CC)c1. The zero-order valence-corrected chi connectivity index (χ0v) is 14.7. The molecule has 0 saturated heterocycles. The summed E-state index contributed by atoms with van der Waals surface area (Å²) < 4.78 is 5.07. The molecular weight excluding hydrogens is 318 g/mol. The molecule has 0 spiro atoms. The summed E-state index contributed by atoms with van der Waals surface area (Å²) in [4.78, 5) is 28.4. The van der Waals surface area contributed by atoms with Crippen molar-refractivity contribution in [3.05, 3.63) is 53.9 Å². The molecule has 1 heterocycles. The van der Waals surface area contributed by atoms with Gasteiger partial charge in [0.1, 0.15) is 5.69 Å². The average molecular weight is 341 g/mol. The lowest BCUT2D eigenvalue weighted by molar-refractivity contribution is 0.0527. The Bertz CT molecular complexity index is 746. The molecule has 1 atom stereocenters. The number of ether oxygens (including phenoxy) is 1. The predicted octanol–water partition coefficient (Wildman–Crippen LogP) is 3.53. The Balaban J connectivity index is 2.20. The lowest BCUT2D eigenvalue weighted by atomic mass is 10.1. The second kappa shape index (κ2) is 8.82. The van der Waals surface area contributed by atoms with E-state index in [2.05, 4.69) is 15.6 Å². The maximum atomic E-state index is 12.2. The van der Waals surface area contributed by atoms with Crippen LogP contribution in [0, 0.1) is 0 Å². The van der Waals surface area contributed by atoms with Crippen LogP contribution in [0.3, 0.4) is 0 Å². The van der Waals surface area contributed by atoms with Gasteiger partial charge in [0, 0.05) is 17.9 Å². The number of nitrogens with zero attached hydrogens (tertiary/aromatic N) is 1. The number of nitrogens with one attached hydrogen (secondary N) is 2. The van der Waals surface area contributed by atoms with Crippen LogP contribution in [-0.2, 0) is 4.74 Å². The minimum atomic E-state index is -0.394. The van der Waals surface area contributed by atoms with E-state index < -0.39 is 5.97 Å². The molecule has 1 aromatic carbocycles. The van der Waals surface area contributed by atoms with Crippen LogP contribution in [0.1, 0.15) is 48.0 Å². The van der Waals surface area contributed by atoms with Crippen LogP contribution in [0.2, 0.25) is 0 Å². The van der Waals surface area contributed by atoms with Crippen molar-refractivity contribution in [3.8, 4) is 0 Å². The van der Waals surface area contributed by atoms with E-state index in [9.17, 15) is 9.59 Å². The highest BCUT2D eigenvalue weighted by Crippen LogP contribution is 2.22. The number of hydrogen-bond donors (Lipinski definition) is 2. The van der Waals surface area contributed by atoms with Gasteiger partial charge in [-0.25, -0.2) is 4.79 Å². The highest BCUT2D eigenvalue weighted by molar-refractivity contribution is 5.97. The lowest BCUT2D eigenvalue weighted by Crippen LogP contribution is -2.32. The summed E-state index contributed by atoms with van der Waals surface area (Å²) in [6.45, 7) is 6.01. The molecule has 2 rings (SSSR count). The number of amides is 1. The fourth-order valence-electron chi connectivity index (χ4n) is 2.17. The van der Waals surface area contributed by atoms with Crippen molar-refractivity contribution in [2.24, 2.45) is 0 Å². The summed E-state index contributed by atoms with van der Waals surface area (Å²) in [5.74, 6) is -0.619. The van der Waals surface area contributed by atoms with Gasteiger partial charge in [0.25, 0.3) is 5.91 Å². The van der Waals surface area contributed by atoms with Gasteiger partial charge in [-0.2, -0.15) is 0 Å². The molecule has 6 nitrogen and oxygen atoms in total. The van der Waals surface area contributed by atoms with Gasteiger partial charge in [-0.05, 0) is 44.5 Å². The largest absolute Gasteiger partial charge is 0.462 e. The first kappa shape index (κ1) is 18.4. The fraction of sp³-hybridized carbons (Fsp3) is 0.316. The topological polar surface area (TPSA) is 80.3 Å². The van der Waals surface area contributed by atoms with Gasteiger partial charge in [-0.1, -0.05) is 19.1 Å². The Hall–Kier alpha value is -2.89. The molecule has 25 heavy (non-hydrogen) atoms. The minimum absolute atomic E-state index is 0.0791. The van der Waals surface area contributed by atoms with Gasteiger partial charge >= 0.3 is 5.97 Å². The van der Waals surface area contributed by atoms with Gasteiger partial charge < -0.3 is 15.4 Å². The average Bonchev–Trinajstić information content (AvgIpc) is 2.62. The van der Waals surface area contributed by atoms with Crippen LogP contribution in [0.15, 0.2) is 42.6 Å². The maximum Gasteiger partial charge on any atom is 0.340 e. The summed E-state index contributed by atoms with van der Waals surface area (Å²) in [6.07, 6.45) is 2.40. The Morgan fingerprint density at radius 1 is 1.20 bits per heavy atom. The number of aromatic nitrogens is 1. The molecule has 0 aliphatic carbocycles. The standard InChI is InChI=1S/C19H23N3O3/c1-4-13(3)21-18(23)17-12-14(10-11-20-17)22-16-9-7-6-8-15(16)19(24)25-5-2/h6-13H,4-5H2,1-3H3,(H,20,22)(H,21,23). The molecule has 6 heteroatoms. The van der Waals surface area contributed by atoms with Crippen molar-refractivity contribution in [1.29, 1.82) is 0 Å². The Morgan fingerprint density at radius 2 is 1.96 bits per heavy atom. The zero-order chi connectivity index (χ0) is 18.2. The van der Waals surface area contributed by atoms with Crippen molar-refractivity contribution in [2.75, 3.05) is 11.9 Å². The Labute approximate surface area is 147 Å². The maximum absolute atomic E-state index is 12.2. The molecule has 1 aromatic heterocycles. The summed E-state index contributed by atoms with van der Waals surface area (Å²) >= 11 is 0. The molecule has 0 saturated carbocycles. The Kier molecular flexibility index (Phi) is 6.51. The van der Waals surface area contributed by atoms with E-state index in [1.54, 1.807) is 43.5 Å². The van der Waals surface area contributed by atoms with E-state index in [0.29, 0.717) is 29.2 Å². The number of carbonyl (C=O) groups excluding carboxylic acids is 2. The molecule has 132 valence electrons. The van der Waals surface area contributed by atoms with E-state index >= 15 is 0 Å². The minimum Gasteiger partial charge on any atom is -0.462 e. The zero-order valence-electron chi connectivity index (χ0n) is 14.7. The molecule has 0 fully saturated rings. The van der Waals surface area contributed by atoms with Crippen LogP contribution in [0.4, 0.5) is 11.4 Å². The summed E-state index contributed by atoms with van der Waals surface area (Å²) in [6, 6.07) is 10.5. The first-order valence-electron chi connectivity index (χ1n) is 8.35. The van der Waals surface area contributed by atoms with Crippen molar-refractivity contribution in [1.82, 2.24) is 10.3 Å². The highest BCUT2D eigenvalue weighted by atomic mass is 16.5. The van der Waals surface area contributed by atoms with Gasteiger partial charge in [0.2, 0.25) is 0 Å². The smallest absolute Gasteiger partial charge is 0.340 e. The number of para-hydroxylation sites is 1. The van der Waals surface area contributed by atoms with Gasteiger partial charge in [0.15, 0.2) is 0 Å². The van der Waals surface area contributed by atoms with Crippen molar-refractivity contribution < 1.29 is 14.3 Å². The van der Waals surface area contributed by atoms with Gasteiger partial charge in [-0.15, -0.1) is 0 Å².